The number of H-pyrrole nitrogens is 1. The summed E-state index contributed by atoms with van der Waals surface area (Å²) in [7, 11) is 0. The van der Waals surface area contributed by atoms with Gasteiger partial charge in [0, 0.05) is 44.2 Å². The molecular formula is C67H105N21O18. The maximum atomic E-state index is 14.8. The molecule has 3 aromatic rings. The van der Waals surface area contributed by atoms with Crippen molar-refractivity contribution < 1.29 is 87.9 Å². The molecule has 11 amide bonds. The fourth-order valence-electron chi connectivity index (χ4n) is 10.4. The number of nitrogens with two attached hydrogens (primary N) is 6. The van der Waals surface area contributed by atoms with E-state index >= 15 is 0 Å². The van der Waals surface area contributed by atoms with Crippen LogP contribution >= 0.6 is 0 Å². The number of phenolic OH excluding ortho intramolecular Hbond substituents is 1. The predicted octanol–water partition coefficient (Wildman–Crippen LogP) is -6.30. The SMILES string of the molecule is CC[C@H](C)[C@H](NC(=O)[C@H](CC(C)C)NC(=O)[C@H](CCCN=C(N)N)NC(=O)[C@H](CCCN=C(N)N)NC(=O)[C@H](CCCCN)NC(=O)[C@H](CO)NC(=O)[C@H](Cc1cnc[nH]1)NC(=O)[C@H](Cc1ccc(O)cc1)NC(=O)[C@H](C)NC(=O)[C@@H](N)CC(=O)O)C(=O)N[C@@H](Cc1ccccc1)C(=O)N[C@@H](CO)C(=O)O. The Morgan fingerprint density at radius 3 is 1.37 bits per heavy atom. The van der Waals surface area contributed by atoms with Crippen LogP contribution in [0.5, 0.6) is 5.75 Å². The third-order valence-corrected chi connectivity index (χ3v) is 16.5. The van der Waals surface area contributed by atoms with Gasteiger partial charge in [0.2, 0.25) is 65.0 Å². The summed E-state index contributed by atoms with van der Waals surface area (Å²) in [5, 5.41) is 76.9. The van der Waals surface area contributed by atoms with E-state index in [2.05, 4.69) is 78.4 Å². The summed E-state index contributed by atoms with van der Waals surface area (Å²) in [4.78, 5) is 194. The molecule has 0 saturated heterocycles. The molecule has 29 N–H and O–H groups in total. The zero-order chi connectivity index (χ0) is 79.2. The second-order valence-corrected chi connectivity index (χ2v) is 25.7. The third kappa shape index (κ3) is 32.7. The molecule has 0 fully saturated rings. The van der Waals surface area contributed by atoms with Crippen LogP contribution in [0.3, 0.4) is 0 Å². The van der Waals surface area contributed by atoms with Crippen molar-refractivity contribution in [2.45, 2.75) is 191 Å². The number of carboxylic acid groups (broad SMARTS) is 2. The van der Waals surface area contributed by atoms with E-state index in [0.717, 1.165) is 0 Å². The van der Waals surface area contributed by atoms with Crippen LogP contribution in [0.2, 0.25) is 0 Å². The standard InChI is InChI=1S/C67H105N21O18/c1-6-36(4)53(64(104)85-48(27-38-14-8-7-9-15-38)60(100)87-51(33-90)65(105)106)88-62(102)46(26-35(2)3)83-58(98)45(18-13-25-76-67(72)73)80-57(97)44(17-12-24-75-66(70)71)79-56(96)43(16-10-11-23-68)81-63(103)50(32-89)86-61(101)49(29-40-31-74-34-77-40)84-59(99)47(28-39-19-21-41(91)22-20-39)82-54(94)37(5)78-55(95)42(69)30-52(92)93/h7-9,14-15,19-22,31,34-37,42-51,53,89-91H,6,10-13,16-18,23-30,32-33,68-69H2,1-5H3,(H,74,77)(H,78,95)(H,79,96)(H,80,97)(H,81,103)(H,82,94)(H,83,98)(H,84,99)(H,85,104)(H,86,101)(H,87,100)(H,88,102)(H,92,93)(H,105,106)(H4,70,71,75)(H4,72,73,76)/t36-,37-,42-,43-,44-,45-,46-,47-,48-,49-,50-,51-,53-/m0/s1. The number of phenols is 1. The molecule has 0 bridgehead atoms. The number of imidazole rings is 1. The lowest BCUT2D eigenvalue weighted by Gasteiger charge is -2.30. The van der Waals surface area contributed by atoms with Gasteiger partial charge in [-0.3, -0.25) is 67.5 Å². The number of carbonyl (C=O) groups excluding carboxylic acids is 11. The van der Waals surface area contributed by atoms with Gasteiger partial charge in [0.1, 0.15) is 72.2 Å². The number of unbranched alkanes of at least 4 members (excludes halogenated alkanes) is 1. The number of carboxylic acids is 2. The summed E-state index contributed by atoms with van der Waals surface area (Å²) in [5.74, 6) is -15.2. The molecule has 2 aromatic carbocycles. The monoisotopic (exact) mass is 1490 g/mol. The van der Waals surface area contributed by atoms with Crippen LogP contribution in [0.15, 0.2) is 77.1 Å². The smallest absolute Gasteiger partial charge is 0.328 e. The molecule has 0 aliphatic carbocycles. The van der Waals surface area contributed by atoms with Crippen molar-refractivity contribution in [3.8, 4) is 5.75 Å². The highest BCUT2D eigenvalue weighted by Crippen LogP contribution is 2.16. The first-order valence-corrected chi connectivity index (χ1v) is 34.6. The molecule has 39 nitrogen and oxygen atoms in total. The molecule has 0 radical (unpaired) electrons. The van der Waals surface area contributed by atoms with Gasteiger partial charge in [-0.2, -0.15) is 0 Å². The molecule has 1 heterocycles. The number of benzene rings is 2. The molecule has 106 heavy (non-hydrogen) atoms. The lowest BCUT2D eigenvalue weighted by atomic mass is 9.95. The highest BCUT2D eigenvalue weighted by molar-refractivity contribution is 6.00. The number of amides is 11. The van der Waals surface area contributed by atoms with E-state index in [9.17, 15) is 82.8 Å². The number of nitrogens with zero attached hydrogens (tertiary/aromatic N) is 3. The van der Waals surface area contributed by atoms with Gasteiger partial charge in [0.05, 0.1) is 32.0 Å². The molecule has 0 unspecified atom stereocenters. The van der Waals surface area contributed by atoms with Gasteiger partial charge in [0.25, 0.3) is 0 Å². The van der Waals surface area contributed by atoms with Gasteiger partial charge >= 0.3 is 11.9 Å². The molecule has 3 rings (SSSR count). The summed E-state index contributed by atoms with van der Waals surface area (Å²) in [6, 6.07) is -4.51. The van der Waals surface area contributed by atoms with E-state index in [4.69, 9.17) is 39.5 Å². The zero-order valence-electron chi connectivity index (χ0n) is 60.0. The molecule has 0 aliphatic heterocycles. The number of hydrogen-bond acceptors (Lipinski definition) is 21. The van der Waals surface area contributed by atoms with Crippen LogP contribution < -0.4 is 92.9 Å². The Kier molecular flexibility index (Phi) is 39.2. The summed E-state index contributed by atoms with van der Waals surface area (Å²) < 4.78 is 0. The van der Waals surface area contributed by atoms with Crippen LogP contribution in [0.1, 0.15) is 116 Å². The zero-order valence-corrected chi connectivity index (χ0v) is 60.0. The number of hydrogen-bond donors (Lipinski definition) is 23. The fraction of sp³-hybridized carbons (Fsp3) is 0.552. The summed E-state index contributed by atoms with van der Waals surface area (Å²) in [6.45, 7) is 6.07. The van der Waals surface area contributed by atoms with Gasteiger partial charge in [-0.1, -0.05) is 76.6 Å². The first-order chi connectivity index (χ1) is 50.2. The summed E-state index contributed by atoms with van der Waals surface area (Å²) in [5.41, 5.74) is 35.1. The number of carbonyl (C=O) groups is 13. The lowest BCUT2D eigenvalue weighted by Crippen LogP contribution is -2.61. The van der Waals surface area contributed by atoms with Gasteiger partial charge in [-0.05, 0) is 99.9 Å². The highest BCUT2D eigenvalue weighted by atomic mass is 16.4. The van der Waals surface area contributed by atoms with Crippen molar-refractivity contribution in [2.75, 3.05) is 32.8 Å². The molecule has 0 aliphatic rings. The topological polar surface area (TPSA) is 665 Å². The van der Waals surface area contributed by atoms with Gasteiger partial charge < -0.3 is 123 Å². The number of aromatic nitrogens is 2. The van der Waals surface area contributed by atoms with Crippen molar-refractivity contribution >= 4 is 88.8 Å². The first-order valence-electron chi connectivity index (χ1n) is 34.6. The van der Waals surface area contributed by atoms with Crippen LogP contribution in [-0.2, 0) is 81.6 Å². The highest BCUT2D eigenvalue weighted by Gasteiger charge is 2.38. The van der Waals surface area contributed by atoms with E-state index in [0.29, 0.717) is 24.0 Å². The molecule has 586 valence electrons. The number of aliphatic hydroxyl groups is 2. The molecular weight excluding hydrogens is 1390 g/mol. The Balaban J connectivity index is 2.00. The van der Waals surface area contributed by atoms with Crippen molar-refractivity contribution in [3.05, 3.63) is 83.9 Å². The van der Waals surface area contributed by atoms with E-state index in [1.54, 1.807) is 58.0 Å². The van der Waals surface area contributed by atoms with Gasteiger partial charge in [-0.15, -0.1) is 0 Å². The Morgan fingerprint density at radius 1 is 0.491 bits per heavy atom. The number of nitrogens with one attached hydrogen (secondary N) is 12. The fourth-order valence-corrected chi connectivity index (χ4v) is 10.4. The van der Waals surface area contributed by atoms with Gasteiger partial charge in [0.15, 0.2) is 11.9 Å². The van der Waals surface area contributed by atoms with Crippen LogP contribution in [-0.4, -0.2) is 230 Å². The summed E-state index contributed by atoms with van der Waals surface area (Å²) >= 11 is 0. The number of rotatable bonds is 49. The van der Waals surface area contributed by atoms with E-state index in [1.165, 1.54) is 43.7 Å². The largest absolute Gasteiger partial charge is 0.508 e. The second kappa shape index (κ2) is 46.6. The molecule has 0 saturated carbocycles. The Hall–Kier alpha value is -11.1. The van der Waals surface area contributed by atoms with Crippen LogP contribution in [0, 0.1) is 11.8 Å². The van der Waals surface area contributed by atoms with E-state index in [1.807, 2.05) is 0 Å². The Morgan fingerprint density at radius 2 is 0.915 bits per heavy atom. The number of aromatic amines is 1. The third-order valence-electron chi connectivity index (χ3n) is 16.5. The Labute approximate surface area is 612 Å². The molecule has 39 heteroatoms. The average Bonchev–Trinajstić information content (AvgIpc) is 1.00. The number of guanidine groups is 2. The number of aliphatic carboxylic acids is 2. The van der Waals surface area contributed by atoms with E-state index in [-0.39, 0.29) is 113 Å². The summed E-state index contributed by atoms with van der Waals surface area (Å²) in [6.07, 6.45) is 1.36. The number of aliphatic hydroxyl groups excluding tert-OH is 2. The van der Waals surface area contributed by atoms with Crippen molar-refractivity contribution in [3.63, 3.8) is 0 Å². The first kappa shape index (κ1) is 89.2. The van der Waals surface area contributed by atoms with E-state index < -0.39 is 175 Å². The van der Waals surface area contributed by atoms with Crippen molar-refractivity contribution in [1.29, 1.82) is 0 Å². The average molecular weight is 1490 g/mol. The second-order valence-electron chi connectivity index (χ2n) is 25.7. The minimum Gasteiger partial charge on any atom is -0.508 e. The van der Waals surface area contributed by atoms with Crippen LogP contribution in [0.25, 0.3) is 0 Å². The van der Waals surface area contributed by atoms with Gasteiger partial charge in [-0.25, -0.2) is 9.78 Å². The van der Waals surface area contributed by atoms with Crippen molar-refractivity contribution in [1.82, 2.24) is 68.5 Å². The molecule has 1 aromatic heterocycles. The van der Waals surface area contributed by atoms with Crippen LogP contribution in [0.4, 0.5) is 0 Å². The maximum absolute atomic E-state index is 14.8. The van der Waals surface area contributed by atoms with Crippen molar-refractivity contribution in [2.24, 2.45) is 56.2 Å². The number of aromatic hydroxyl groups is 1. The normalized spacial score (nSPS) is 14.7. The molecule has 13 atom stereocenters. The number of aliphatic imine (C=N–C) groups is 2. The molecule has 0 spiro atoms. The lowest BCUT2D eigenvalue weighted by molar-refractivity contribution is -0.143. The minimum absolute atomic E-state index is 0.0219. The Bertz CT molecular complexity index is 3430. The quantitative estimate of drug-likeness (QED) is 0.0142. The minimum atomic E-state index is -1.86. The predicted molar refractivity (Wildman–Crippen MR) is 385 cm³/mol. The maximum Gasteiger partial charge on any atom is 0.328 e.